The van der Waals surface area contributed by atoms with Gasteiger partial charge in [0.05, 0.1) is 16.4 Å². The van der Waals surface area contributed by atoms with Crippen molar-refractivity contribution in [3.05, 3.63) is 46.5 Å². The van der Waals surface area contributed by atoms with Gasteiger partial charge in [-0.05, 0) is 37.3 Å². The van der Waals surface area contributed by atoms with E-state index in [1.54, 1.807) is 0 Å². The lowest BCUT2D eigenvalue weighted by atomic mass is 10.0. The second kappa shape index (κ2) is 6.15. The molecule has 0 atom stereocenters. The highest BCUT2D eigenvalue weighted by Gasteiger charge is 2.18. The molecule has 20 heavy (non-hydrogen) atoms. The number of benzene rings is 1. The summed E-state index contributed by atoms with van der Waals surface area (Å²) < 4.78 is 28.7. The van der Waals surface area contributed by atoms with Gasteiger partial charge in [0.25, 0.3) is 15.8 Å². The second-order valence-corrected chi connectivity index (χ2v) is 6.24. The van der Waals surface area contributed by atoms with E-state index in [2.05, 4.69) is 12.2 Å². The summed E-state index contributed by atoms with van der Waals surface area (Å²) in [5.41, 5.74) is -0.152. The molecule has 0 heterocycles. The first kappa shape index (κ1) is 14.7. The Balaban J connectivity index is 1.93. The van der Waals surface area contributed by atoms with Crippen LogP contribution in [0.1, 0.15) is 19.3 Å². The Morgan fingerprint density at radius 2 is 1.80 bits per heavy atom. The second-order valence-electron chi connectivity index (χ2n) is 4.62. The molecule has 0 N–H and O–H groups in total. The largest absolute Gasteiger partial charge is 0.296 e. The van der Waals surface area contributed by atoms with E-state index in [-0.39, 0.29) is 17.2 Å². The van der Waals surface area contributed by atoms with Gasteiger partial charge in [-0.3, -0.25) is 14.3 Å². The van der Waals surface area contributed by atoms with Crippen molar-refractivity contribution < 1.29 is 17.5 Å². The van der Waals surface area contributed by atoms with Gasteiger partial charge >= 0.3 is 0 Å². The van der Waals surface area contributed by atoms with Crippen molar-refractivity contribution in [1.29, 1.82) is 0 Å². The van der Waals surface area contributed by atoms with Gasteiger partial charge in [0.2, 0.25) is 0 Å². The molecule has 0 radical (unpaired) electrons. The number of nitro benzene ring substituents is 1. The Morgan fingerprint density at radius 3 is 2.35 bits per heavy atom. The Kier molecular flexibility index (Phi) is 4.51. The number of allylic oxidation sites excluding steroid dienone is 2. The minimum Gasteiger partial charge on any atom is -0.266 e. The fourth-order valence-electron chi connectivity index (χ4n) is 2.04. The molecule has 1 aromatic rings. The molecule has 0 saturated heterocycles. The van der Waals surface area contributed by atoms with Crippen molar-refractivity contribution in [3.8, 4) is 0 Å². The van der Waals surface area contributed by atoms with Gasteiger partial charge in [-0.2, -0.15) is 8.42 Å². The molecule has 0 amide bonds. The number of hydrogen-bond acceptors (Lipinski definition) is 5. The lowest BCUT2D eigenvalue weighted by molar-refractivity contribution is -0.384. The SMILES string of the molecule is O=[N+]([O-])c1ccc(S(=O)(=O)OCCC2CC=CC2)cc1. The fraction of sp³-hybridized carbons (Fsp3) is 0.385. The quantitative estimate of drug-likeness (QED) is 0.349. The predicted octanol–water partition coefficient (Wildman–Crippen LogP) is 2.66. The van der Waals surface area contributed by atoms with E-state index in [9.17, 15) is 18.5 Å². The highest BCUT2D eigenvalue weighted by atomic mass is 32.2. The summed E-state index contributed by atoms with van der Waals surface area (Å²) in [6, 6.07) is 4.67. The monoisotopic (exact) mass is 297 g/mol. The molecular formula is C13H15NO5S. The third kappa shape index (κ3) is 3.64. The van der Waals surface area contributed by atoms with Crippen LogP contribution in [0.5, 0.6) is 0 Å². The summed E-state index contributed by atoms with van der Waals surface area (Å²) in [6.45, 7) is 0.131. The van der Waals surface area contributed by atoms with E-state index < -0.39 is 15.0 Å². The molecule has 2 rings (SSSR count). The molecule has 0 aliphatic heterocycles. The van der Waals surface area contributed by atoms with Crippen molar-refractivity contribution >= 4 is 15.8 Å². The highest BCUT2D eigenvalue weighted by Crippen LogP contribution is 2.22. The highest BCUT2D eigenvalue weighted by molar-refractivity contribution is 7.86. The lowest BCUT2D eigenvalue weighted by Gasteiger charge is -2.09. The predicted molar refractivity (Wildman–Crippen MR) is 72.7 cm³/mol. The Hall–Kier alpha value is -1.73. The number of non-ortho nitro benzene ring substituents is 1. The molecule has 108 valence electrons. The minimum absolute atomic E-state index is 0.0624. The molecule has 1 aromatic carbocycles. The van der Waals surface area contributed by atoms with E-state index >= 15 is 0 Å². The van der Waals surface area contributed by atoms with Crippen LogP contribution in [-0.4, -0.2) is 19.9 Å². The molecular weight excluding hydrogens is 282 g/mol. The van der Waals surface area contributed by atoms with E-state index in [1.807, 2.05) is 0 Å². The Bertz CT molecular complexity index is 598. The third-order valence-electron chi connectivity index (χ3n) is 3.21. The molecule has 1 aliphatic rings. The topological polar surface area (TPSA) is 86.5 Å². The zero-order valence-electron chi connectivity index (χ0n) is 10.8. The molecule has 1 aliphatic carbocycles. The van der Waals surface area contributed by atoms with Crippen LogP contribution >= 0.6 is 0 Å². The van der Waals surface area contributed by atoms with E-state index in [0.717, 1.165) is 25.0 Å². The Morgan fingerprint density at radius 1 is 1.20 bits per heavy atom. The standard InChI is InChI=1S/C13H15NO5S/c15-14(16)12-5-7-13(8-6-12)20(17,18)19-10-9-11-3-1-2-4-11/h1-2,5-8,11H,3-4,9-10H2. The number of nitrogens with zero attached hydrogens (tertiary/aromatic N) is 1. The van der Waals surface area contributed by atoms with Crippen LogP contribution in [0.25, 0.3) is 0 Å². The molecule has 0 saturated carbocycles. The first-order chi connectivity index (χ1) is 9.49. The van der Waals surface area contributed by atoms with Crippen molar-refractivity contribution in [2.24, 2.45) is 5.92 Å². The van der Waals surface area contributed by atoms with Gasteiger partial charge in [0.1, 0.15) is 0 Å². The summed E-state index contributed by atoms with van der Waals surface area (Å²) >= 11 is 0. The maximum absolute atomic E-state index is 11.9. The number of nitro groups is 1. The molecule has 0 fully saturated rings. The van der Waals surface area contributed by atoms with Crippen LogP contribution in [0.2, 0.25) is 0 Å². The lowest BCUT2D eigenvalue weighted by Crippen LogP contribution is -2.10. The third-order valence-corrected chi connectivity index (χ3v) is 4.53. The number of hydrogen-bond donors (Lipinski definition) is 0. The smallest absolute Gasteiger partial charge is 0.266 e. The van der Waals surface area contributed by atoms with Gasteiger partial charge in [0.15, 0.2) is 0 Å². The van der Waals surface area contributed by atoms with Crippen LogP contribution in [0.4, 0.5) is 5.69 Å². The summed E-state index contributed by atoms with van der Waals surface area (Å²) in [6.07, 6.45) is 6.76. The average molecular weight is 297 g/mol. The van der Waals surface area contributed by atoms with Crippen LogP contribution in [-0.2, 0) is 14.3 Å². The van der Waals surface area contributed by atoms with Gasteiger partial charge in [-0.1, -0.05) is 12.2 Å². The molecule has 0 aromatic heterocycles. The molecule has 0 bridgehead atoms. The maximum atomic E-state index is 11.9. The maximum Gasteiger partial charge on any atom is 0.296 e. The normalized spacial score (nSPS) is 15.6. The minimum atomic E-state index is -3.84. The first-order valence-electron chi connectivity index (χ1n) is 6.28. The van der Waals surface area contributed by atoms with E-state index in [0.29, 0.717) is 12.3 Å². The van der Waals surface area contributed by atoms with Gasteiger partial charge < -0.3 is 0 Å². The van der Waals surface area contributed by atoms with Crippen molar-refractivity contribution in [2.75, 3.05) is 6.61 Å². The van der Waals surface area contributed by atoms with E-state index in [1.165, 1.54) is 12.1 Å². The summed E-state index contributed by atoms with van der Waals surface area (Å²) in [5, 5.41) is 10.5. The van der Waals surface area contributed by atoms with Crippen molar-refractivity contribution in [1.82, 2.24) is 0 Å². The van der Waals surface area contributed by atoms with Crippen LogP contribution in [0.3, 0.4) is 0 Å². The number of rotatable bonds is 6. The molecule has 6 nitrogen and oxygen atoms in total. The van der Waals surface area contributed by atoms with Gasteiger partial charge in [-0.25, -0.2) is 0 Å². The van der Waals surface area contributed by atoms with Gasteiger partial charge in [-0.15, -0.1) is 0 Å². The summed E-state index contributed by atoms with van der Waals surface area (Å²) in [7, 11) is -3.84. The molecule has 0 unspecified atom stereocenters. The van der Waals surface area contributed by atoms with E-state index in [4.69, 9.17) is 4.18 Å². The zero-order chi connectivity index (χ0) is 14.6. The van der Waals surface area contributed by atoms with Crippen LogP contribution < -0.4 is 0 Å². The average Bonchev–Trinajstić information content (AvgIpc) is 2.92. The summed E-state index contributed by atoms with van der Waals surface area (Å²) in [5.74, 6) is 0.446. The van der Waals surface area contributed by atoms with Crippen LogP contribution in [0.15, 0.2) is 41.3 Å². The molecule has 7 heteroatoms. The first-order valence-corrected chi connectivity index (χ1v) is 7.69. The van der Waals surface area contributed by atoms with Gasteiger partial charge in [0, 0.05) is 12.1 Å². The Labute approximate surface area is 117 Å². The zero-order valence-corrected chi connectivity index (χ0v) is 11.6. The van der Waals surface area contributed by atoms with Crippen molar-refractivity contribution in [2.45, 2.75) is 24.2 Å². The van der Waals surface area contributed by atoms with Crippen molar-refractivity contribution in [3.63, 3.8) is 0 Å². The fourth-order valence-corrected chi connectivity index (χ4v) is 2.96. The summed E-state index contributed by atoms with van der Waals surface area (Å²) in [4.78, 5) is 9.86. The van der Waals surface area contributed by atoms with Crippen LogP contribution in [0, 0.1) is 16.0 Å². The molecule has 0 spiro atoms.